The molecule has 0 atom stereocenters. The molecule has 0 saturated carbocycles. The summed E-state index contributed by atoms with van der Waals surface area (Å²) >= 11 is 0.931. The van der Waals surface area contributed by atoms with Crippen molar-refractivity contribution < 1.29 is 22.0 Å². The molecule has 0 bridgehead atoms. The van der Waals surface area contributed by atoms with Crippen molar-refractivity contribution in [3.05, 3.63) is 29.8 Å². The van der Waals surface area contributed by atoms with Crippen molar-refractivity contribution in [3.8, 4) is 0 Å². The summed E-state index contributed by atoms with van der Waals surface area (Å²) in [4.78, 5) is 13.7. The molecule has 9 heteroatoms. The second-order valence-electron chi connectivity index (χ2n) is 4.91. The van der Waals surface area contributed by atoms with Gasteiger partial charge in [-0.25, -0.2) is 17.2 Å². The van der Waals surface area contributed by atoms with Gasteiger partial charge in [0.2, 0.25) is 15.9 Å². The molecule has 0 radical (unpaired) electrons. The van der Waals surface area contributed by atoms with E-state index in [0.717, 1.165) is 36.2 Å². The van der Waals surface area contributed by atoms with E-state index in [4.69, 9.17) is 0 Å². The number of amides is 1. The lowest BCUT2D eigenvalue weighted by Crippen LogP contribution is -2.50. The molecule has 1 fully saturated rings. The fourth-order valence-electron chi connectivity index (χ4n) is 2.09. The highest BCUT2D eigenvalue weighted by Crippen LogP contribution is 2.23. The summed E-state index contributed by atoms with van der Waals surface area (Å²) < 4.78 is 50.6. The molecular formula is C13H16F2N2O3S2. The summed E-state index contributed by atoms with van der Waals surface area (Å²) in [5, 5.41) is 0. The lowest BCUT2D eigenvalue weighted by Gasteiger charge is -2.33. The standard InChI is InChI=1S/C13H16F2N2O3S2/c1-22(19,20)17-6-4-16(5-7-17)13(18)9-21-12-8-10(14)2-3-11(12)15/h2-3,8H,4-7,9H2,1H3. The quantitative estimate of drug-likeness (QED) is 0.765. The van der Waals surface area contributed by atoms with Crippen LogP contribution in [0.1, 0.15) is 0 Å². The molecule has 1 aromatic rings. The minimum absolute atomic E-state index is 0.0146. The smallest absolute Gasteiger partial charge is 0.233 e. The molecule has 1 heterocycles. The van der Waals surface area contributed by atoms with Crippen LogP contribution >= 0.6 is 11.8 Å². The number of halogens is 2. The first kappa shape index (κ1) is 17.2. The van der Waals surface area contributed by atoms with Gasteiger partial charge in [0.25, 0.3) is 0 Å². The SMILES string of the molecule is CS(=O)(=O)N1CCN(C(=O)CSc2cc(F)ccc2F)CC1. The van der Waals surface area contributed by atoms with Crippen LogP contribution in [0.15, 0.2) is 23.1 Å². The maximum Gasteiger partial charge on any atom is 0.233 e. The highest BCUT2D eigenvalue weighted by Gasteiger charge is 2.26. The van der Waals surface area contributed by atoms with Crippen molar-refractivity contribution in [3.63, 3.8) is 0 Å². The number of piperazine rings is 1. The van der Waals surface area contributed by atoms with Gasteiger partial charge in [0.1, 0.15) is 11.6 Å². The summed E-state index contributed by atoms with van der Waals surface area (Å²) in [6.45, 7) is 1.11. The average molecular weight is 350 g/mol. The van der Waals surface area contributed by atoms with Gasteiger partial charge in [0, 0.05) is 31.1 Å². The van der Waals surface area contributed by atoms with Crippen LogP contribution in [0.5, 0.6) is 0 Å². The molecule has 0 unspecified atom stereocenters. The Balaban J connectivity index is 1.87. The van der Waals surface area contributed by atoms with Gasteiger partial charge < -0.3 is 4.90 Å². The number of thioether (sulfide) groups is 1. The van der Waals surface area contributed by atoms with E-state index >= 15 is 0 Å². The Morgan fingerprint density at radius 2 is 1.86 bits per heavy atom. The number of nitrogens with zero attached hydrogens (tertiary/aromatic N) is 2. The molecule has 1 aliphatic rings. The Labute approximate surface area is 132 Å². The Bertz CT molecular complexity index is 659. The summed E-state index contributed by atoms with van der Waals surface area (Å²) in [5.74, 6) is -1.36. The average Bonchev–Trinajstić information content (AvgIpc) is 2.47. The van der Waals surface area contributed by atoms with Gasteiger partial charge in [-0.1, -0.05) is 0 Å². The number of hydrogen-bond donors (Lipinski definition) is 0. The second-order valence-corrected chi connectivity index (χ2v) is 7.91. The number of sulfonamides is 1. The van der Waals surface area contributed by atoms with E-state index in [1.807, 2.05) is 0 Å². The number of benzene rings is 1. The van der Waals surface area contributed by atoms with Gasteiger partial charge >= 0.3 is 0 Å². The summed E-state index contributed by atoms with van der Waals surface area (Å²) in [5.41, 5.74) is 0. The molecule has 1 aromatic carbocycles. The Kier molecular flexibility index (Phi) is 5.41. The van der Waals surface area contributed by atoms with Crippen molar-refractivity contribution in [2.45, 2.75) is 4.90 Å². The van der Waals surface area contributed by atoms with Crippen LogP contribution in [-0.4, -0.2) is 61.7 Å². The molecule has 1 aliphatic heterocycles. The highest BCUT2D eigenvalue weighted by atomic mass is 32.2. The van der Waals surface area contributed by atoms with E-state index in [0.29, 0.717) is 13.1 Å². The van der Waals surface area contributed by atoms with Crippen LogP contribution in [0.4, 0.5) is 8.78 Å². The van der Waals surface area contributed by atoms with Gasteiger partial charge in [-0.05, 0) is 18.2 Å². The third-order valence-corrected chi connectivity index (χ3v) is 5.62. The van der Waals surface area contributed by atoms with E-state index < -0.39 is 21.7 Å². The molecule has 0 aliphatic carbocycles. The first-order valence-corrected chi connectivity index (χ1v) is 9.41. The Morgan fingerprint density at radius 1 is 1.23 bits per heavy atom. The molecule has 1 amide bonds. The largest absolute Gasteiger partial charge is 0.339 e. The van der Waals surface area contributed by atoms with Crippen molar-refractivity contribution in [2.75, 3.05) is 38.2 Å². The number of hydrogen-bond acceptors (Lipinski definition) is 4. The highest BCUT2D eigenvalue weighted by molar-refractivity contribution is 8.00. The first-order chi connectivity index (χ1) is 10.3. The Morgan fingerprint density at radius 3 is 2.45 bits per heavy atom. The van der Waals surface area contributed by atoms with Crippen LogP contribution in [0.3, 0.4) is 0 Å². The zero-order valence-electron chi connectivity index (χ0n) is 12.0. The zero-order chi connectivity index (χ0) is 16.3. The van der Waals surface area contributed by atoms with Gasteiger partial charge in [-0.15, -0.1) is 11.8 Å². The van der Waals surface area contributed by atoms with E-state index in [2.05, 4.69) is 0 Å². The predicted octanol–water partition coefficient (Wildman–Crippen LogP) is 1.16. The zero-order valence-corrected chi connectivity index (χ0v) is 13.6. The molecule has 1 saturated heterocycles. The van der Waals surface area contributed by atoms with Crippen LogP contribution in [-0.2, 0) is 14.8 Å². The monoisotopic (exact) mass is 350 g/mol. The number of rotatable bonds is 4. The number of carbonyl (C=O) groups excluding carboxylic acids is 1. The third-order valence-electron chi connectivity index (χ3n) is 3.30. The predicted molar refractivity (Wildman–Crippen MR) is 80.1 cm³/mol. The van der Waals surface area contributed by atoms with Crippen LogP contribution < -0.4 is 0 Å². The maximum atomic E-state index is 13.5. The van der Waals surface area contributed by atoms with Crippen molar-refractivity contribution in [1.29, 1.82) is 0 Å². The van der Waals surface area contributed by atoms with E-state index in [-0.39, 0.29) is 29.6 Å². The fraction of sp³-hybridized carbons (Fsp3) is 0.462. The lowest BCUT2D eigenvalue weighted by atomic mass is 10.3. The van der Waals surface area contributed by atoms with Crippen LogP contribution in [0.2, 0.25) is 0 Å². The lowest BCUT2D eigenvalue weighted by molar-refractivity contribution is -0.129. The molecule has 122 valence electrons. The molecule has 22 heavy (non-hydrogen) atoms. The molecule has 5 nitrogen and oxygen atoms in total. The summed E-state index contributed by atoms with van der Waals surface area (Å²) in [7, 11) is -3.24. The molecular weight excluding hydrogens is 334 g/mol. The molecule has 0 aromatic heterocycles. The Hall–Kier alpha value is -1.19. The van der Waals surface area contributed by atoms with Crippen LogP contribution in [0.25, 0.3) is 0 Å². The minimum atomic E-state index is -3.24. The van der Waals surface area contributed by atoms with Crippen LogP contribution in [0, 0.1) is 11.6 Å². The van der Waals surface area contributed by atoms with Gasteiger partial charge in [0.05, 0.1) is 12.0 Å². The van der Waals surface area contributed by atoms with Crippen molar-refractivity contribution in [2.24, 2.45) is 0 Å². The van der Waals surface area contributed by atoms with Gasteiger partial charge in [0.15, 0.2) is 0 Å². The maximum absolute atomic E-state index is 13.5. The van der Waals surface area contributed by atoms with E-state index in [1.54, 1.807) is 0 Å². The van der Waals surface area contributed by atoms with Gasteiger partial charge in [-0.3, -0.25) is 4.79 Å². The molecule has 0 N–H and O–H groups in total. The topological polar surface area (TPSA) is 57.7 Å². The minimum Gasteiger partial charge on any atom is -0.339 e. The van der Waals surface area contributed by atoms with E-state index in [9.17, 15) is 22.0 Å². The summed E-state index contributed by atoms with van der Waals surface area (Å²) in [6, 6.07) is 3.09. The van der Waals surface area contributed by atoms with E-state index in [1.165, 1.54) is 9.21 Å². The van der Waals surface area contributed by atoms with Crippen molar-refractivity contribution >= 4 is 27.7 Å². The van der Waals surface area contributed by atoms with Gasteiger partial charge in [-0.2, -0.15) is 4.31 Å². The third kappa shape index (κ3) is 4.40. The number of carbonyl (C=O) groups is 1. The summed E-state index contributed by atoms with van der Waals surface area (Å²) in [6.07, 6.45) is 1.13. The fourth-order valence-corrected chi connectivity index (χ4v) is 3.78. The molecule has 2 rings (SSSR count). The second kappa shape index (κ2) is 6.93. The van der Waals surface area contributed by atoms with Crippen molar-refractivity contribution in [1.82, 2.24) is 9.21 Å². The normalized spacial score (nSPS) is 16.8. The molecule has 0 spiro atoms. The first-order valence-electron chi connectivity index (χ1n) is 6.58.